The summed E-state index contributed by atoms with van der Waals surface area (Å²) in [4.78, 5) is 39.5. The summed E-state index contributed by atoms with van der Waals surface area (Å²) < 4.78 is 10.4. The largest absolute Gasteiger partial charge is 0.497 e. The molecule has 10 heteroatoms. The topological polar surface area (TPSA) is 127 Å². The third-order valence-corrected chi connectivity index (χ3v) is 4.80. The zero-order chi connectivity index (χ0) is 19.4. The van der Waals surface area contributed by atoms with Crippen molar-refractivity contribution in [2.45, 2.75) is 25.2 Å². The number of carbonyl (C=O) groups excluding carboxylic acids is 3. The van der Waals surface area contributed by atoms with Gasteiger partial charge in [0, 0.05) is 23.8 Å². The zero-order valence-electron chi connectivity index (χ0n) is 14.4. The van der Waals surface area contributed by atoms with Crippen molar-refractivity contribution in [3.05, 3.63) is 34.8 Å². The van der Waals surface area contributed by atoms with Crippen molar-refractivity contribution >= 4 is 34.3 Å². The standard InChI is InChI=1S/C17H17N3O6S/c1-25-11-2-3-12-9(5-16(23)26-13(12)7-11)4-14(21)19-17-18-10(8-27-17)6-15(22)20-24/h2-3,7-9,24H,4-6H2,1H3,(H,20,22)(H,18,19,21). The van der Waals surface area contributed by atoms with Gasteiger partial charge in [-0.3, -0.25) is 19.6 Å². The average Bonchev–Trinajstić information content (AvgIpc) is 3.07. The van der Waals surface area contributed by atoms with Crippen molar-refractivity contribution in [3.8, 4) is 11.5 Å². The lowest BCUT2D eigenvalue weighted by Gasteiger charge is -2.24. The highest BCUT2D eigenvalue weighted by Gasteiger charge is 2.29. The maximum atomic E-state index is 12.4. The van der Waals surface area contributed by atoms with Crippen LogP contribution >= 0.6 is 11.3 Å². The number of rotatable bonds is 6. The first-order chi connectivity index (χ1) is 13.0. The van der Waals surface area contributed by atoms with Gasteiger partial charge in [-0.25, -0.2) is 10.5 Å². The first-order valence-corrected chi connectivity index (χ1v) is 8.92. The normalized spacial score (nSPS) is 15.5. The summed E-state index contributed by atoms with van der Waals surface area (Å²) in [5.74, 6) is -0.648. The fourth-order valence-corrected chi connectivity index (χ4v) is 3.50. The molecule has 2 heterocycles. The highest BCUT2D eigenvalue weighted by molar-refractivity contribution is 7.13. The van der Waals surface area contributed by atoms with Crippen LogP contribution in [0.15, 0.2) is 23.6 Å². The van der Waals surface area contributed by atoms with Gasteiger partial charge in [-0.2, -0.15) is 0 Å². The maximum absolute atomic E-state index is 12.4. The number of hydrogen-bond acceptors (Lipinski definition) is 8. The van der Waals surface area contributed by atoms with Gasteiger partial charge in [-0.15, -0.1) is 11.3 Å². The number of aromatic nitrogens is 1. The number of benzene rings is 1. The maximum Gasteiger partial charge on any atom is 0.311 e. The van der Waals surface area contributed by atoms with Crippen molar-refractivity contribution in [1.29, 1.82) is 0 Å². The fourth-order valence-electron chi connectivity index (χ4n) is 2.77. The highest BCUT2D eigenvalue weighted by Crippen LogP contribution is 2.38. The fraction of sp³-hybridized carbons (Fsp3) is 0.294. The van der Waals surface area contributed by atoms with Crippen molar-refractivity contribution in [1.82, 2.24) is 10.5 Å². The van der Waals surface area contributed by atoms with Gasteiger partial charge >= 0.3 is 5.97 Å². The molecule has 3 N–H and O–H groups in total. The number of thiazole rings is 1. The van der Waals surface area contributed by atoms with Crippen LogP contribution in [0.5, 0.6) is 11.5 Å². The van der Waals surface area contributed by atoms with Gasteiger partial charge < -0.3 is 14.8 Å². The number of carbonyl (C=O) groups is 3. The van der Waals surface area contributed by atoms with Gasteiger partial charge in [-0.05, 0) is 11.6 Å². The van der Waals surface area contributed by atoms with Crippen LogP contribution in [0.4, 0.5) is 5.13 Å². The number of esters is 1. The molecule has 3 rings (SSSR count). The van der Waals surface area contributed by atoms with Crippen LogP contribution in [0.3, 0.4) is 0 Å². The first-order valence-electron chi connectivity index (χ1n) is 8.04. The van der Waals surface area contributed by atoms with E-state index in [-0.39, 0.29) is 31.1 Å². The molecule has 0 saturated heterocycles. The molecule has 0 bridgehead atoms. The van der Waals surface area contributed by atoms with E-state index in [1.54, 1.807) is 23.6 Å². The van der Waals surface area contributed by atoms with Gasteiger partial charge in [0.15, 0.2) is 5.13 Å². The summed E-state index contributed by atoms with van der Waals surface area (Å²) >= 11 is 1.17. The smallest absolute Gasteiger partial charge is 0.311 e. The predicted octanol–water partition coefficient (Wildman–Crippen LogP) is 1.62. The minimum Gasteiger partial charge on any atom is -0.497 e. The van der Waals surface area contributed by atoms with Gasteiger partial charge in [0.25, 0.3) is 0 Å². The van der Waals surface area contributed by atoms with Gasteiger partial charge in [0.1, 0.15) is 11.5 Å². The Morgan fingerprint density at radius 2 is 2.22 bits per heavy atom. The quantitative estimate of drug-likeness (QED) is 0.295. The summed E-state index contributed by atoms with van der Waals surface area (Å²) in [7, 11) is 1.52. The van der Waals surface area contributed by atoms with E-state index >= 15 is 0 Å². The molecule has 1 aliphatic heterocycles. The van der Waals surface area contributed by atoms with Crippen LogP contribution in [0, 0.1) is 0 Å². The minimum atomic E-state index is -0.592. The average molecular weight is 391 g/mol. The third kappa shape index (κ3) is 4.60. The lowest BCUT2D eigenvalue weighted by atomic mass is 9.89. The van der Waals surface area contributed by atoms with Crippen LogP contribution in [0.25, 0.3) is 0 Å². The molecule has 1 atom stereocenters. The van der Waals surface area contributed by atoms with E-state index in [4.69, 9.17) is 14.7 Å². The predicted molar refractivity (Wildman–Crippen MR) is 95.0 cm³/mol. The van der Waals surface area contributed by atoms with Crippen LogP contribution in [0.2, 0.25) is 0 Å². The van der Waals surface area contributed by atoms with E-state index in [2.05, 4.69) is 10.3 Å². The van der Waals surface area contributed by atoms with E-state index in [0.717, 1.165) is 5.56 Å². The summed E-state index contributed by atoms with van der Waals surface area (Å²) in [5, 5.41) is 13.1. The molecule has 9 nitrogen and oxygen atoms in total. The second-order valence-electron chi connectivity index (χ2n) is 5.89. The van der Waals surface area contributed by atoms with E-state index in [1.807, 2.05) is 0 Å². The zero-order valence-corrected chi connectivity index (χ0v) is 15.2. The number of hydroxylamine groups is 1. The Morgan fingerprint density at radius 3 is 2.96 bits per heavy atom. The Bertz CT molecular complexity index is 881. The minimum absolute atomic E-state index is 0.0838. The first kappa shape index (κ1) is 18.8. The molecular weight excluding hydrogens is 374 g/mol. The monoisotopic (exact) mass is 391 g/mol. The molecule has 1 aliphatic rings. The Kier molecular flexibility index (Phi) is 5.67. The summed E-state index contributed by atoms with van der Waals surface area (Å²) in [6, 6.07) is 5.16. The molecule has 142 valence electrons. The lowest BCUT2D eigenvalue weighted by Crippen LogP contribution is -2.24. The Labute approximate surface area is 158 Å². The number of ether oxygens (including phenoxy) is 2. The van der Waals surface area contributed by atoms with Crippen molar-refractivity contribution in [2.75, 3.05) is 12.4 Å². The van der Waals surface area contributed by atoms with Crippen molar-refractivity contribution < 1.29 is 29.1 Å². The van der Waals surface area contributed by atoms with Crippen molar-refractivity contribution in [3.63, 3.8) is 0 Å². The lowest BCUT2D eigenvalue weighted by molar-refractivity contribution is -0.136. The van der Waals surface area contributed by atoms with Gasteiger partial charge in [0.2, 0.25) is 11.8 Å². The molecule has 0 fully saturated rings. The number of nitrogens with one attached hydrogen (secondary N) is 2. The molecule has 2 aromatic rings. The van der Waals surface area contributed by atoms with Gasteiger partial charge in [-0.1, -0.05) is 6.07 Å². The van der Waals surface area contributed by atoms with Crippen LogP contribution < -0.4 is 20.3 Å². The van der Waals surface area contributed by atoms with Crippen LogP contribution in [-0.4, -0.2) is 35.1 Å². The summed E-state index contributed by atoms with van der Waals surface area (Å²) in [6.45, 7) is 0. The van der Waals surface area contributed by atoms with Gasteiger partial charge in [0.05, 0.1) is 25.6 Å². The van der Waals surface area contributed by atoms with Crippen LogP contribution in [0.1, 0.15) is 30.0 Å². The molecule has 1 aromatic carbocycles. The SMILES string of the molecule is COc1ccc2c(c1)OC(=O)CC2CC(=O)Nc1nc(CC(=O)NO)cs1. The Hall–Kier alpha value is -2.98. The molecular formula is C17H17N3O6S. The molecule has 1 unspecified atom stereocenters. The number of fused-ring (bicyclic) bond motifs is 1. The molecule has 0 radical (unpaired) electrons. The molecule has 0 aliphatic carbocycles. The Morgan fingerprint density at radius 1 is 1.41 bits per heavy atom. The van der Waals surface area contributed by atoms with E-state index in [0.29, 0.717) is 22.3 Å². The van der Waals surface area contributed by atoms with Crippen molar-refractivity contribution in [2.24, 2.45) is 0 Å². The molecule has 0 saturated carbocycles. The number of amides is 2. The van der Waals surface area contributed by atoms with E-state index in [9.17, 15) is 14.4 Å². The second-order valence-corrected chi connectivity index (χ2v) is 6.75. The van der Waals surface area contributed by atoms with E-state index in [1.165, 1.54) is 23.9 Å². The Balaban J connectivity index is 1.66. The summed E-state index contributed by atoms with van der Waals surface area (Å²) in [5.41, 5.74) is 2.72. The number of nitrogens with zero attached hydrogens (tertiary/aromatic N) is 1. The van der Waals surface area contributed by atoms with Crippen LogP contribution in [-0.2, 0) is 20.8 Å². The third-order valence-electron chi connectivity index (χ3n) is 3.99. The number of methoxy groups -OCH3 is 1. The molecule has 0 spiro atoms. The highest BCUT2D eigenvalue weighted by atomic mass is 32.1. The molecule has 1 aromatic heterocycles. The number of hydrogen-bond donors (Lipinski definition) is 3. The second kappa shape index (κ2) is 8.14. The summed E-state index contributed by atoms with van der Waals surface area (Å²) in [6.07, 6.45) is 0.0968. The molecule has 2 amide bonds. The van der Waals surface area contributed by atoms with E-state index < -0.39 is 11.9 Å². The molecule has 27 heavy (non-hydrogen) atoms. The number of anilines is 1.